The third-order valence-electron chi connectivity index (χ3n) is 7.34. The van der Waals surface area contributed by atoms with Crippen LogP contribution in [-0.2, 0) is 4.74 Å². The lowest BCUT2D eigenvalue weighted by Gasteiger charge is -2.41. The highest BCUT2D eigenvalue weighted by molar-refractivity contribution is 6.41. The molecule has 2 aliphatic carbocycles. The van der Waals surface area contributed by atoms with Gasteiger partial charge in [-0.1, -0.05) is 23.2 Å². The number of amides is 1. The Kier molecular flexibility index (Phi) is 6.45. The summed E-state index contributed by atoms with van der Waals surface area (Å²) in [6.45, 7) is 8.82. The molecule has 3 aromatic rings. The first-order valence-corrected chi connectivity index (χ1v) is 14.2. The molecule has 206 valence electrons. The lowest BCUT2D eigenvalue weighted by atomic mass is 10.1. The lowest BCUT2D eigenvalue weighted by Crippen LogP contribution is -2.55. The molecule has 1 saturated heterocycles. The van der Waals surface area contributed by atoms with Gasteiger partial charge >= 0.3 is 11.8 Å². The van der Waals surface area contributed by atoms with Crippen molar-refractivity contribution in [1.29, 1.82) is 0 Å². The molecule has 3 aromatic heterocycles. The van der Waals surface area contributed by atoms with Crippen LogP contribution in [0.1, 0.15) is 76.6 Å². The average Bonchev–Trinajstić information content (AvgIpc) is 3.77. The highest BCUT2D eigenvalue weighted by atomic mass is 35.5. The van der Waals surface area contributed by atoms with Crippen LogP contribution >= 0.6 is 23.2 Å². The monoisotopic (exact) mass is 571 g/mol. The standard InChI is InChI=1S/C27H31Cl2N7O3/c1-14-12-34(26(38)39-27(2,3)4)9-10-35(14)23-17-11-18(28)22(29)32-24(17)36(25(37)33-23)21-19(15-5-6-15)30-13-31-20(21)16-7-8-16/h11,13-16H,5-10,12H2,1-4H3/t14-/m0/s1. The number of carbonyl (C=O) groups is 1. The fourth-order valence-electron chi connectivity index (χ4n) is 5.22. The minimum atomic E-state index is -0.582. The lowest BCUT2D eigenvalue weighted by molar-refractivity contribution is 0.0218. The largest absolute Gasteiger partial charge is 0.444 e. The van der Waals surface area contributed by atoms with E-state index in [9.17, 15) is 9.59 Å². The second kappa shape index (κ2) is 9.59. The molecule has 0 unspecified atom stereocenters. The Bertz CT molecular complexity index is 1500. The summed E-state index contributed by atoms with van der Waals surface area (Å²) in [7, 11) is 0. The smallest absolute Gasteiger partial charge is 0.410 e. The number of rotatable bonds is 4. The topological polar surface area (TPSA) is 106 Å². The average molecular weight is 572 g/mol. The molecule has 6 rings (SSSR count). The second-order valence-corrected chi connectivity index (χ2v) is 12.5. The van der Waals surface area contributed by atoms with Gasteiger partial charge in [0.25, 0.3) is 0 Å². The van der Waals surface area contributed by atoms with E-state index in [0.717, 1.165) is 37.1 Å². The summed E-state index contributed by atoms with van der Waals surface area (Å²) in [5, 5.41) is 0.982. The number of carbonyl (C=O) groups excluding carboxylic acids is 1. The van der Waals surface area contributed by atoms with Crippen LogP contribution in [0.5, 0.6) is 0 Å². The van der Waals surface area contributed by atoms with Gasteiger partial charge in [-0.2, -0.15) is 4.98 Å². The van der Waals surface area contributed by atoms with Crippen molar-refractivity contribution in [3.05, 3.63) is 44.4 Å². The van der Waals surface area contributed by atoms with Gasteiger partial charge < -0.3 is 14.5 Å². The molecule has 3 fully saturated rings. The summed E-state index contributed by atoms with van der Waals surface area (Å²) >= 11 is 12.9. The number of anilines is 1. The number of halogens is 2. The van der Waals surface area contributed by atoms with E-state index in [2.05, 4.69) is 19.9 Å². The molecule has 0 aromatic carbocycles. The predicted molar refractivity (Wildman–Crippen MR) is 149 cm³/mol. The van der Waals surface area contributed by atoms with Gasteiger partial charge in [-0.05, 0) is 59.4 Å². The highest BCUT2D eigenvalue weighted by Crippen LogP contribution is 2.47. The number of hydrogen-bond acceptors (Lipinski definition) is 8. The first kappa shape index (κ1) is 26.3. The molecular weight excluding hydrogens is 541 g/mol. The predicted octanol–water partition coefficient (Wildman–Crippen LogP) is 5.08. The van der Waals surface area contributed by atoms with Crippen LogP contribution in [0.4, 0.5) is 10.6 Å². The van der Waals surface area contributed by atoms with E-state index >= 15 is 0 Å². The number of nitrogens with zero attached hydrogens (tertiary/aromatic N) is 7. The first-order valence-electron chi connectivity index (χ1n) is 13.4. The summed E-state index contributed by atoms with van der Waals surface area (Å²) in [4.78, 5) is 48.7. The van der Waals surface area contributed by atoms with E-state index < -0.39 is 11.3 Å². The maximum Gasteiger partial charge on any atom is 0.410 e. The maximum atomic E-state index is 13.9. The summed E-state index contributed by atoms with van der Waals surface area (Å²) in [6.07, 6.45) is 5.32. The zero-order chi connectivity index (χ0) is 27.6. The molecule has 1 amide bonds. The number of aromatic nitrogens is 5. The van der Waals surface area contributed by atoms with Crippen LogP contribution < -0.4 is 10.6 Å². The van der Waals surface area contributed by atoms with Gasteiger partial charge in [-0.15, -0.1) is 0 Å². The normalized spacial score (nSPS) is 20.0. The number of ether oxygens (including phenoxy) is 1. The Morgan fingerprint density at radius 3 is 2.23 bits per heavy atom. The van der Waals surface area contributed by atoms with Crippen molar-refractivity contribution < 1.29 is 9.53 Å². The molecule has 1 atom stereocenters. The van der Waals surface area contributed by atoms with E-state index in [1.54, 1.807) is 17.3 Å². The van der Waals surface area contributed by atoms with Crippen molar-refractivity contribution >= 4 is 46.1 Å². The van der Waals surface area contributed by atoms with E-state index in [1.165, 1.54) is 4.57 Å². The van der Waals surface area contributed by atoms with Crippen molar-refractivity contribution in [3.8, 4) is 5.69 Å². The van der Waals surface area contributed by atoms with Crippen LogP contribution in [0.3, 0.4) is 0 Å². The Labute approximate surface area is 236 Å². The zero-order valence-electron chi connectivity index (χ0n) is 22.4. The number of fused-ring (bicyclic) bond motifs is 1. The summed E-state index contributed by atoms with van der Waals surface area (Å²) < 4.78 is 7.10. The minimum absolute atomic E-state index is 0.107. The van der Waals surface area contributed by atoms with Crippen molar-refractivity contribution in [2.24, 2.45) is 0 Å². The van der Waals surface area contributed by atoms with Gasteiger partial charge in [0.2, 0.25) is 0 Å². The first-order chi connectivity index (χ1) is 18.5. The van der Waals surface area contributed by atoms with Crippen molar-refractivity contribution in [1.82, 2.24) is 29.4 Å². The number of piperazine rings is 1. The third kappa shape index (κ3) is 5.04. The second-order valence-electron chi connectivity index (χ2n) is 11.7. The van der Waals surface area contributed by atoms with Gasteiger partial charge in [0.1, 0.15) is 22.9 Å². The van der Waals surface area contributed by atoms with Gasteiger partial charge in [-0.3, -0.25) is 0 Å². The molecule has 0 N–H and O–H groups in total. The zero-order valence-corrected chi connectivity index (χ0v) is 24.0. The molecule has 4 heterocycles. The van der Waals surface area contributed by atoms with E-state index in [0.29, 0.717) is 42.2 Å². The third-order valence-corrected chi connectivity index (χ3v) is 8.01. The summed E-state index contributed by atoms with van der Waals surface area (Å²) in [6, 6.07) is 1.57. The van der Waals surface area contributed by atoms with E-state index in [-0.39, 0.29) is 34.1 Å². The van der Waals surface area contributed by atoms with Gasteiger partial charge in [0, 0.05) is 37.5 Å². The fraction of sp³-hybridized carbons (Fsp3) is 0.556. The van der Waals surface area contributed by atoms with Gasteiger partial charge in [-0.25, -0.2) is 29.1 Å². The molecule has 0 spiro atoms. The van der Waals surface area contributed by atoms with Gasteiger partial charge in [0.05, 0.1) is 27.5 Å². The van der Waals surface area contributed by atoms with Crippen molar-refractivity contribution in [2.75, 3.05) is 24.5 Å². The quantitative estimate of drug-likeness (QED) is 0.399. The van der Waals surface area contributed by atoms with E-state index in [4.69, 9.17) is 27.9 Å². The van der Waals surface area contributed by atoms with Crippen molar-refractivity contribution in [3.63, 3.8) is 0 Å². The Morgan fingerprint density at radius 2 is 1.67 bits per heavy atom. The summed E-state index contributed by atoms with van der Waals surface area (Å²) in [5.41, 5.74) is 1.73. The van der Waals surface area contributed by atoms with Crippen LogP contribution in [0.25, 0.3) is 16.7 Å². The molecule has 0 radical (unpaired) electrons. The number of hydrogen-bond donors (Lipinski definition) is 0. The molecule has 12 heteroatoms. The fourth-order valence-corrected chi connectivity index (χ4v) is 5.50. The highest BCUT2D eigenvalue weighted by Gasteiger charge is 2.37. The summed E-state index contributed by atoms with van der Waals surface area (Å²) in [5.74, 6) is 1.03. The van der Waals surface area contributed by atoms with Gasteiger partial charge in [0.15, 0.2) is 5.65 Å². The maximum absolute atomic E-state index is 13.9. The Morgan fingerprint density at radius 1 is 1.03 bits per heavy atom. The van der Waals surface area contributed by atoms with Crippen LogP contribution in [0.2, 0.25) is 10.2 Å². The molecular formula is C27H31Cl2N7O3. The van der Waals surface area contributed by atoms with Crippen LogP contribution in [0.15, 0.2) is 17.2 Å². The Hall–Kier alpha value is -2.98. The molecule has 2 saturated carbocycles. The molecule has 3 aliphatic rings. The minimum Gasteiger partial charge on any atom is -0.444 e. The number of pyridine rings is 1. The van der Waals surface area contributed by atoms with Crippen molar-refractivity contribution in [2.45, 2.75) is 76.9 Å². The molecule has 10 nitrogen and oxygen atoms in total. The van der Waals surface area contributed by atoms with Crippen LogP contribution in [-0.4, -0.2) is 66.8 Å². The van der Waals surface area contributed by atoms with Crippen LogP contribution in [0, 0.1) is 0 Å². The molecule has 39 heavy (non-hydrogen) atoms. The Balaban J connectivity index is 1.46. The molecule has 0 bridgehead atoms. The van der Waals surface area contributed by atoms with E-state index in [1.807, 2.05) is 32.6 Å². The molecule has 1 aliphatic heterocycles. The SMILES string of the molecule is C[C@H]1CN(C(=O)OC(C)(C)C)CCN1c1nc(=O)n(-c2c(C3CC3)ncnc2C2CC2)c2nc(Cl)c(Cl)cc12.